The average molecular weight is 375 g/mol. The number of esters is 1. The van der Waals surface area contributed by atoms with Gasteiger partial charge in [-0.25, -0.2) is 0 Å². The first-order valence-electron chi connectivity index (χ1n) is 11.1. The predicted octanol–water partition coefficient (Wildman–Crippen LogP) is 4.15. The number of Topliss-reactive ketones (excluding diaryl/α,β-unsaturated/α-hetero) is 1. The Bertz CT molecular complexity index is 688. The van der Waals surface area contributed by atoms with Crippen LogP contribution in [-0.2, 0) is 19.1 Å². The maximum absolute atomic E-state index is 13.9. The molecule has 0 N–H and O–H groups in total. The number of ketones is 1. The van der Waals surface area contributed by atoms with Crippen LogP contribution in [0.5, 0.6) is 0 Å². The molecule has 0 aromatic rings. The van der Waals surface area contributed by atoms with Crippen LogP contribution in [-0.4, -0.2) is 30.6 Å². The van der Waals surface area contributed by atoms with Crippen molar-refractivity contribution in [1.29, 1.82) is 0 Å². The van der Waals surface area contributed by atoms with E-state index in [9.17, 15) is 9.59 Å². The van der Waals surface area contributed by atoms with E-state index in [2.05, 4.69) is 13.8 Å². The number of rotatable bonds is 2. The van der Waals surface area contributed by atoms with Crippen LogP contribution in [0.1, 0.15) is 72.1 Å². The van der Waals surface area contributed by atoms with Crippen molar-refractivity contribution >= 4 is 11.8 Å². The van der Waals surface area contributed by atoms with Gasteiger partial charge in [-0.05, 0) is 74.0 Å². The topological polar surface area (TPSA) is 52.6 Å². The smallest absolute Gasteiger partial charge is 0.308 e. The van der Waals surface area contributed by atoms with Crippen molar-refractivity contribution in [2.24, 2.45) is 40.4 Å². The molecule has 6 fully saturated rings. The first-order chi connectivity index (χ1) is 12.8. The van der Waals surface area contributed by atoms with Crippen LogP contribution in [0.2, 0.25) is 0 Å². The number of carbonyl (C=O) groups excluding carboxylic acids is 2. The number of carbonyl (C=O) groups is 2. The third kappa shape index (κ3) is 1.99. The zero-order chi connectivity index (χ0) is 19.2. The molecule has 0 radical (unpaired) electrons. The second kappa shape index (κ2) is 5.58. The number of ether oxygens (including phenoxy) is 2. The second-order valence-corrected chi connectivity index (χ2v) is 10.8. The van der Waals surface area contributed by atoms with Gasteiger partial charge >= 0.3 is 5.97 Å². The van der Waals surface area contributed by atoms with Gasteiger partial charge in [-0.1, -0.05) is 20.8 Å². The van der Waals surface area contributed by atoms with Crippen LogP contribution in [0.4, 0.5) is 0 Å². The van der Waals surface area contributed by atoms with E-state index in [0.29, 0.717) is 36.1 Å². The van der Waals surface area contributed by atoms with E-state index >= 15 is 0 Å². The third-order valence-corrected chi connectivity index (χ3v) is 10.1. The minimum Gasteiger partial charge on any atom is -0.469 e. The van der Waals surface area contributed by atoms with E-state index in [4.69, 9.17) is 9.47 Å². The van der Waals surface area contributed by atoms with Crippen LogP contribution >= 0.6 is 0 Å². The lowest BCUT2D eigenvalue weighted by Gasteiger charge is -2.70. The Morgan fingerprint density at radius 2 is 1.89 bits per heavy atom. The van der Waals surface area contributed by atoms with Gasteiger partial charge in [0, 0.05) is 11.8 Å². The Morgan fingerprint density at radius 3 is 2.63 bits per heavy atom. The fourth-order valence-electron chi connectivity index (χ4n) is 8.83. The van der Waals surface area contributed by atoms with Gasteiger partial charge in [0.25, 0.3) is 0 Å². The number of hydrogen-bond donors (Lipinski definition) is 0. The Morgan fingerprint density at radius 1 is 1.15 bits per heavy atom. The van der Waals surface area contributed by atoms with E-state index in [1.54, 1.807) is 0 Å². The van der Waals surface area contributed by atoms with Crippen molar-refractivity contribution in [2.75, 3.05) is 7.11 Å². The Kier molecular flexibility index (Phi) is 3.75. The second-order valence-electron chi connectivity index (χ2n) is 10.8. The van der Waals surface area contributed by atoms with Crippen LogP contribution in [0.15, 0.2) is 0 Å². The summed E-state index contributed by atoms with van der Waals surface area (Å²) in [5.41, 5.74) is -0.608. The van der Waals surface area contributed by atoms with Crippen molar-refractivity contribution in [1.82, 2.24) is 0 Å². The fourth-order valence-corrected chi connectivity index (χ4v) is 8.83. The van der Waals surface area contributed by atoms with E-state index < -0.39 is 5.60 Å². The van der Waals surface area contributed by atoms with Gasteiger partial charge in [-0.15, -0.1) is 0 Å². The van der Waals surface area contributed by atoms with Crippen molar-refractivity contribution in [3.05, 3.63) is 0 Å². The molecule has 2 saturated heterocycles. The lowest BCUT2D eigenvalue weighted by atomic mass is 9.40. The van der Waals surface area contributed by atoms with E-state index in [-0.39, 0.29) is 28.6 Å². The predicted molar refractivity (Wildman–Crippen MR) is 101 cm³/mol. The normalized spacial score (nSPS) is 54.2. The first kappa shape index (κ1) is 18.1. The van der Waals surface area contributed by atoms with Crippen LogP contribution in [0, 0.1) is 40.4 Å². The van der Waals surface area contributed by atoms with Gasteiger partial charge in [0.2, 0.25) is 0 Å². The minimum absolute atomic E-state index is 0.0229. The largest absolute Gasteiger partial charge is 0.469 e. The maximum Gasteiger partial charge on any atom is 0.308 e. The molecule has 0 aromatic carbocycles. The first-order valence-corrected chi connectivity index (χ1v) is 11.1. The monoisotopic (exact) mass is 374 g/mol. The summed E-state index contributed by atoms with van der Waals surface area (Å²) >= 11 is 0. The van der Waals surface area contributed by atoms with E-state index in [1.807, 2.05) is 6.92 Å². The Balaban J connectivity index is 1.55. The molecule has 6 aliphatic rings. The van der Waals surface area contributed by atoms with Crippen LogP contribution in [0.25, 0.3) is 0 Å². The molecule has 2 heterocycles. The van der Waals surface area contributed by atoms with Crippen LogP contribution in [0.3, 0.4) is 0 Å². The van der Waals surface area contributed by atoms with Gasteiger partial charge in [0.1, 0.15) is 5.60 Å². The van der Waals surface area contributed by atoms with Gasteiger partial charge in [0.15, 0.2) is 5.78 Å². The molecule has 4 nitrogen and oxygen atoms in total. The molecule has 2 aliphatic heterocycles. The zero-order valence-corrected chi connectivity index (χ0v) is 17.3. The fraction of sp³-hybridized carbons (Fsp3) is 0.913. The highest BCUT2D eigenvalue weighted by Crippen LogP contribution is 2.72. The molecule has 150 valence electrons. The van der Waals surface area contributed by atoms with Gasteiger partial charge < -0.3 is 9.47 Å². The maximum atomic E-state index is 13.9. The lowest BCUT2D eigenvalue weighted by Crippen LogP contribution is -2.75. The molecule has 9 atom stereocenters. The van der Waals surface area contributed by atoms with Crippen molar-refractivity contribution < 1.29 is 19.1 Å². The number of hydrogen-bond acceptors (Lipinski definition) is 4. The highest BCUT2D eigenvalue weighted by molar-refractivity contribution is 5.91. The molecule has 6 rings (SSSR count). The summed E-state index contributed by atoms with van der Waals surface area (Å²) in [5, 5.41) is 0. The molecule has 0 aromatic heterocycles. The lowest BCUT2D eigenvalue weighted by molar-refractivity contribution is -0.307. The molecule has 27 heavy (non-hydrogen) atoms. The highest BCUT2D eigenvalue weighted by Gasteiger charge is 2.74. The highest BCUT2D eigenvalue weighted by atomic mass is 16.5. The molecule has 4 bridgehead atoms. The van der Waals surface area contributed by atoms with Crippen molar-refractivity contribution in [3.63, 3.8) is 0 Å². The molecule has 4 aliphatic carbocycles. The average Bonchev–Trinajstić information content (AvgIpc) is 2.96. The molecule has 5 unspecified atom stereocenters. The van der Waals surface area contributed by atoms with E-state index in [1.165, 1.54) is 13.5 Å². The van der Waals surface area contributed by atoms with Crippen LogP contribution < -0.4 is 0 Å². The summed E-state index contributed by atoms with van der Waals surface area (Å²) < 4.78 is 11.8. The summed E-state index contributed by atoms with van der Waals surface area (Å²) in [6, 6.07) is 0. The summed E-state index contributed by atoms with van der Waals surface area (Å²) in [5.74, 6) is 1.81. The van der Waals surface area contributed by atoms with Crippen molar-refractivity contribution in [2.45, 2.75) is 83.8 Å². The Labute approximate surface area is 162 Å². The molecule has 1 spiro atoms. The van der Waals surface area contributed by atoms with Gasteiger partial charge in [0.05, 0.1) is 19.1 Å². The van der Waals surface area contributed by atoms with Crippen molar-refractivity contribution in [3.8, 4) is 0 Å². The van der Waals surface area contributed by atoms with Gasteiger partial charge in [-0.3, -0.25) is 9.59 Å². The SMILES string of the molecule is COC(=O)C(C)C1CCC2C3CCC4C[C@H]5CC[C@]4(C)[C@@]3(O5)C(=O)C[C@]12C. The minimum atomic E-state index is -0.537. The molecule has 4 heteroatoms. The van der Waals surface area contributed by atoms with E-state index in [0.717, 1.165) is 38.5 Å². The summed E-state index contributed by atoms with van der Waals surface area (Å²) in [6.45, 7) is 6.65. The quantitative estimate of drug-likeness (QED) is 0.681. The Hall–Kier alpha value is -0.900. The molecular weight excluding hydrogens is 340 g/mol. The standard InChI is InChI=1S/C23H34O4/c1-13(20(25)26-4)16-7-8-17-18-6-5-14-11-15-9-10-22(14,3)23(18,27-15)19(24)12-21(16,17)2/h13-18H,5-12H2,1-4H3/t13?,14?,15-,16?,17?,18?,21-,22+,23+/m1/s1. The third-order valence-electron chi connectivity index (χ3n) is 10.1. The number of methoxy groups -OCH3 is 1. The zero-order valence-electron chi connectivity index (χ0n) is 17.3. The number of fused-ring (bicyclic) bond motifs is 3. The molecular formula is C23H34O4. The van der Waals surface area contributed by atoms with Gasteiger partial charge in [-0.2, -0.15) is 0 Å². The molecule has 4 saturated carbocycles. The molecule has 0 amide bonds. The summed E-state index contributed by atoms with van der Waals surface area (Å²) in [7, 11) is 1.48. The summed E-state index contributed by atoms with van der Waals surface area (Å²) in [6.07, 6.45) is 8.82. The summed E-state index contributed by atoms with van der Waals surface area (Å²) in [4.78, 5) is 26.1.